The SMILES string of the molecule is CC(CCN1CCNC1=O)[Si](C)(C)O. The van der Waals surface area contributed by atoms with Crippen LogP contribution < -0.4 is 5.32 Å². The summed E-state index contributed by atoms with van der Waals surface area (Å²) in [7, 11) is -2.01. The molecule has 14 heavy (non-hydrogen) atoms. The maximum Gasteiger partial charge on any atom is 0.317 e. The lowest BCUT2D eigenvalue weighted by Crippen LogP contribution is -2.35. The lowest BCUT2D eigenvalue weighted by atomic mass is 10.3. The summed E-state index contributed by atoms with van der Waals surface area (Å²) in [5.41, 5.74) is 0.343. The minimum Gasteiger partial charge on any atom is -0.432 e. The molecule has 5 heteroatoms. The molecule has 2 N–H and O–H groups in total. The van der Waals surface area contributed by atoms with E-state index in [4.69, 9.17) is 0 Å². The number of nitrogens with zero attached hydrogens (tertiary/aromatic N) is 1. The van der Waals surface area contributed by atoms with Crippen LogP contribution in [-0.4, -0.2) is 43.7 Å². The molecule has 0 saturated carbocycles. The van der Waals surface area contributed by atoms with Crippen LogP contribution in [0.2, 0.25) is 18.6 Å². The molecular formula is C9H20N2O2Si. The van der Waals surface area contributed by atoms with Crippen LogP contribution in [0.15, 0.2) is 0 Å². The van der Waals surface area contributed by atoms with Crippen LogP contribution >= 0.6 is 0 Å². The average molecular weight is 216 g/mol. The smallest absolute Gasteiger partial charge is 0.317 e. The lowest BCUT2D eigenvalue weighted by molar-refractivity contribution is 0.216. The van der Waals surface area contributed by atoms with Gasteiger partial charge < -0.3 is 15.0 Å². The van der Waals surface area contributed by atoms with E-state index in [1.54, 1.807) is 0 Å². The lowest BCUT2D eigenvalue weighted by Gasteiger charge is -2.25. The van der Waals surface area contributed by atoms with Crippen molar-refractivity contribution in [1.82, 2.24) is 10.2 Å². The van der Waals surface area contributed by atoms with Gasteiger partial charge in [0.25, 0.3) is 0 Å². The normalized spacial score (nSPS) is 19.7. The second kappa shape index (κ2) is 4.31. The molecule has 0 aromatic carbocycles. The van der Waals surface area contributed by atoms with Gasteiger partial charge in [0.1, 0.15) is 0 Å². The third kappa shape index (κ3) is 2.99. The fourth-order valence-corrected chi connectivity index (χ4v) is 2.26. The molecule has 1 unspecified atom stereocenters. The Balaban J connectivity index is 2.30. The van der Waals surface area contributed by atoms with Crippen LogP contribution in [0.3, 0.4) is 0 Å². The number of carbonyl (C=O) groups is 1. The molecule has 0 radical (unpaired) electrons. The van der Waals surface area contributed by atoms with Gasteiger partial charge in [0.15, 0.2) is 8.32 Å². The first kappa shape index (κ1) is 11.5. The molecule has 0 spiro atoms. The molecule has 2 amide bonds. The number of amides is 2. The van der Waals surface area contributed by atoms with E-state index in [1.807, 2.05) is 18.0 Å². The quantitative estimate of drug-likeness (QED) is 0.689. The Hall–Kier alpha value is -0.553. The third-order valence-corrected chi connectivity index (χ3v) is 5.68. The third-order valence-electron chi connectivity index (χ3n) is 2.98. The number of hydrogen-bond acceptors (Lipinski definition) is 2. The van der Waals surface area contributed by atoms with Gasteiger partial charge in [-0.05, 0) is 25.1 Å². The van der Waals surface area contributed by atoms with Gasteiger partial charge in [-0.15, -0.1) is 0 Å². The first-order chi connectivity index (χ1) is 6.41. The van der Waals surface area contributed by atoms with Crippen molar-refractivity contribution in [2.75, 3.05) is 19.6 Å². The molecule has 1 aliphatic rings. The molecule has 1 aliphatic heterocycles. The van der Waals surface area contributed by atoms with Crippen molar-refractivity contribution in [3.63, 3.8) is 0 Å². The highest BCUT2D eigenvalue weighted by molar-refractivity contribution is 6.71. The predicted octanol–water partition coefficient (Wildman–Crippen LogP) is 0.989. The Morgan fingerprint density at radius 2 is 2.29 bits per heavy atom. The van der Waals surface area contributed by atoms with E-state index in [2.05, 4.69) is 12.2 Å². The number of carbonyl (C=O) groups excluding carboxylic acids is 1. The Labute approximate surface area is 86.4 Å². The van der Waals surface area contributed by atoms with Crippen molar-refractivity contribution in [1.29, 1.82) is 0 Å². The largest absolute Gasteiger partial charge is 0.432 e. The summed E-state index contributed by atoms with van der Waals surface area (Å²) in [6.07, 6.45) is 0.906. The molecule has 0 bridgehead atoms. The molecule has 0 aromatic rings. The molecule has 1 rings (SSSR count). The fraction of sp³-hybridized carbons (Fsp3) is 0.889. The first-order valence-electron chi connectivity index (χ1n) is 5.16. The second-order valence-corrected chi connectivity index (χ2v) is 8.86. The molecule has 4 nitrogen and oxygen atoms in total. The van der Waals surface area contributed by atoms with Crippen molar-refractivity contribution in [2.45, 2.75) is 32.0 Å². The van der Waals surface area contributed by atoms with Crippen molar-refractivity contribution >= 4 is 14.3 Å². The zero-order valence-corrected chi connectivity index (χ0v) is 10.2. The maximum atomic E-state index is 11.2. The zero-order valence-electron chi connectivity index (χ0n) is 9.21. The van der Waals surface area contributed by atoms with E-state index in [9.17, 15) is 9.59 Å². The van der Waals surface area contributed by atoms with Crippen LogP contribution in [0.1, 0.15) is 13.3 Å². The summed E-state index contributed by atoms with van der Waals surface area (Å²) in [6, 6.07) is 0.0367. The molecule has 1 saturated heterocycles. The standard InChI is InChI=1S/C9H20N2O2Si/c1-8(14(2,3)13)4-6-11-7-5-10-9(11)12/h8,13H,4-7H2,1-3H3,(H,10,12). The van der Waals surface area contributed by atoms with Gasteiger partial charge in [-0.3, -0.25) is 0 Å². The molecule has 0 aliphatic carbocycles. The number of hydrogen-bond donors (Lipinski definition) is 2. The van der Waals surface area contributed by atoms with Crippen molar-refractivity contribution < 1.29 is 9.59 Å². The monoisotopic (exact) mass is 216 g/mol. The van der Waals surface area contributed by atoms with Gasteiger partial charge >= 0.3 is 6.03 Å². The molecule has 1 fully saturated rings. The van der Waals surface area contributed by atoms with E-state index in [-0.39, 0.29) is 6.03 Å². The topological polar surface area (TPSA) is 52.6 Å². The molecule has 1 atom stereocenters. The van der Waals surface area contributed by atoms with Crippen molar-refractivity contribution in [2.24, 2.45) is 0 Å². The van der Waals surface area contributed by atoms with Crippen LogP contribution in [0.4, 0.5) is 4.79 Å². The Morgan fingerprint density at radius 3 is 2.71 bits per heavy atom. The van der Waals surface area contributed by atoms with Gasteiger partial charge in [-0.25, -0.2) is 4.79 Å². The Morgan fingerprint density at radius 1 is 1.64 bits per heavy atom. The van der Waals surface area contributed by atoms with Gasteiger partial charge in [0, 0.05) is 19.6 Å². The van der Waals surface area contributed by atoms with E-state index >= 15 is 0 Å². The van der Waals surface area contributed by atoms with Gasteiger partial charge in [-0.2, -0.15) is 0 Å². The van der Waals surface area contributed by atoms with Crippen molar-refractivity contribution in [3.8, 4) is 0 Å². The summed E-state index contributed by atoms with van der Waals surface area (Å²) in [5.74, 6) is 0. The van der Waals surface area contributed by atoms with E-state index in [0.29, 0.717) is 5.54 Å². The highest BCUT2D eigenvalue weighted by Gasteiger charge is 2.27. The van der Waals surface area contributed by atoms with E-state index < -0.39 is 8.32 Å². The second-order valence-electron chi connectivity index (χ2n) is 4.56. The van der Waals surface area contributed by atoms with Gasteiger partial charge in [0.05, 0.1) is 0 Å². The van der Waals surface area contributed by atoms with E-state index in [1.165, 1.54) is 0 Å². The van der Waals surface area contributed by atoms with Crippen molar-refractivity contribution in [3.05, 3.63) is 0 Å². The summed E-state index contributed by atoms with van der Waals surface area (Å²) in [4.78, 5) is 22.9. The first-order valence-corrected chi connectivity index (χ1v) is 8.19. The van der Waals surface area contributed by atoms with Gasteiger partial charge in [0.2, 0.25) is 0 Å². The minimum absolute atomic E-state index is 0.0367. The summed E-state index contributed by atoms with van der Waals surface area (Å²) in [5, 5.41) is 2.77. The molecule has 0 aromatic heterocycles. The highest BCUT2D eigenvalue weighted by Crippen LogP contribution is 2.22. The van der Waals surface area contributed by atoms with Crippen LogP contribution in [0.25, 0.3) is 0 Å². The van der Waals surface area contributed by atoms with Gasteiger partial charge in [-0.1, -0.05) is 6.92 Å². The minimum atomic E-state index is -2.01. The maximum absolute atomic E-state index is 11.2. The molecule has 82 valence electrons. The summed E-state index contributed by atoms with van der Waals surface area (Å²) < 4.78 is 0. The number of nitrogens with one attached hydrogen (secondary N) is 1. The zero-order chi connectivity index (χ0) is 10.8. The molecule has 1 heterocycles. The van der Waals surface area contributed by atoms with Crippen LogP contribution in [0.5, 0.6) is 0 Å². The average Bonchev–Trinajstić information content (AvgIpc) is 2.45. The number of urea groups is 1. The van der Waals surface area contributed by atoms with E-state index in [0.717, 1.165) is 26.1 Å². The van der Waals surface area contributed by atoms with Crippen LogP contribution in [-0.2, 0) is 0 Å². The summed E-state index contributed by atoms with van der Waals surface area (Å²) >= 11 is 0. The summed E-state index contributed by atoms with van der Waals surface area (Å²) in [6.45, 7) is 8.29. The number of rotatable bonds is 4. The Kier molecular flexibility index (Phi) is 3.55. The fourth-order valence-electron chi connectivity index (χ4n) is 1.43. The molecular weight excluding hydrogens is 196 g/mol. The highest BCUT2D eigenvalue weighted by atomic mass is 28.4. The Bertz CT molecular complexity index is 215. The predicted molar refractivity (Wildman–Crippen MR) is 58.7 cm³/mol. The van der Waals surface area contributed by atoms with Crippen LogP contribution in [0, 0.1) is 0 Å².